The minimum Gasteiger partial charge on any atom is -0.467 e. The van der Waals surface area contributed by atoms with Gasteiger partial charge in [-0.05, 0) is 51.1 Å². The smallest absolute Gasteiger partial charge is 0.328 e. The first-order chi connectivity index (χ1) is 15.3. The number of benzene rings is 1. The van der Waals surface area contributed by atoms with Gasteiger partial charge in [0.05, 0.1) is 13.7 Å². The maximum absolute atomic E-state index is 13.6. The summed E-state index contributed by atoms with van der Waals surface area (Å²) in [5, 5.41) is 5.79. The predicted molar refractivity (Wildman–Crippen MR) is 113 cm³/mol. The van der Waals surface area contributed by atoms with Gasteiger partial charge < -0.3 is 25.2 Å². The summed E-state index contributed by atoms with van der Waals surface area (Å²) >= 11 is 0. The Morgan fingerprint density at radius 1 is 1.19 bits per heavy atom. The molecule has 32 heavy (non-hydrogen) atoms. The zero-order valence-corrected chi connectivity index (χ0v) is 18.3. The van der Waals surface area contributed by atoms with Crippen LogP contribution in [0.4, 0.5) is 4.39 Å². The number of ether oxygens (including phenoxy) is 1. The molecule has 2 aliphatic heterocycles. The van der Waals surface area contributed by atoms with Crippen LogP contribution < -0.4 is 10.6 Å². The van der Waals surface area contributed by atoms with Crippen molar-refractivity contribution >= 4 is 23.7 Å². The number of piperazine rings is 1. The van der Waals surface area contributed by atoms with Crippen LogP contribution in [0.15, 0.2) is 24.3 Å². The summed E-state index contributed by atoms with van der Waals surface area (Å²) in [6.45, 7) is 3.29. The number of halogens is 1. The number of carbonyl (C=O) groups is 4. The quantitative estimate of drug-likeness (QED) is 0.622. The number of hydrogen-bond acceptors (Lipinski definition) is 6. The standard InChI is InChI=1S/C22H29FN4O5/c1-14(22(31)32-2)25-19(28)18-13-26(20(29)16-4-3-5-17(23)12-16)10-11-27(18)21(30)15-6-8-24-9-7-15/h3-5,12,14-15,18,24H,6-11,13H2,1-2H3,(H,25,28)/t14-,18+/m1/s1. The Kier molecular flexibility index (Phi) is 7.79. The molecule has 3 rings (SSSR count). The van der Waals surface area contributed by atoms with Crippen molar-refractivity contribution in [2.24, 2.45) is 5.92 Å². The van der Waals surface area contributed by atoms with Crippen molar-refractivity contribution in [1.82, 2.24) is 20.4 Å². The summed E-state index contributed by atoms with van der Waals surface area (Å²) in [5.41, 5.74) is 0.171. The number of hydrogen-bond donors (Lipinski definition) is 2. The molecule has 0 aliphatic carbocycles. The molecule has 2 fully saturated rings. The Labute approximate surface area is 186 Å². The van der Waals surface area contributed by atoms with E-state index in [4.69, 9.17) is 0 Å². The molecule has 2 atom stereocenters. The van der Waals surface area contributed by atoms with Gasteiger partial charge in [0.15, 0.2) is 0 Å². The van der Waals surface area contributed by atoms with E-state index in [1.54, 1.807) is 0 Å². The highest BCUT2D eigenvalue weighted by molar-refractivity contribution is 5.96. The summed E-state index contributed by atoms with van der Waals surface area (Å²) in [6.07, 6.45) is 1.35. The molecule has 2 aliphatic rings. The van der Waals surface area contributed by atoms with Gasteiger partial charge in [-0.2, -0.15) is 0 Å². The van der Waals surface area contributed by atoms with Crippen molar-refractivity contribution in [1.29, 1.82) is 0 Å². The second-order valence-electron chi connectivity index (χ2n) is 8.09. The summed E-state index contributed by atoms with van der Waals surface area (Å²) < 4.78 is 18.2. The third kappa shape index (κ3) is 5.42. The summed E-state index contributed by atoms with van der Waals surface area (Å²) in [5.74, 6) is -2.43. The predicted octanol–water partition coefficient (Wildman–Crippen LogP) is 0.156. The lowest BCUT2D eigenvalue weighted by Crippen LogP contribution is -2.63. The van der Waals surface area contributed by atoms with E-state index >= 15 is 0 Å². The van der Waals surface area contributed by atoms with Crippen LogP contribution in [0.25, 0.3) is 0 Å². The molecule has 0 saturated carbocycles. The number of amides is 3. The van der Waals surface area contributed by atoms with E-state index in [-0.39, 0.29) is 37.0 Å². The van der Waals surface area contributed by atoms with Crippen molar-refractivity contribution in [2.75, 3.05) is 39.8 Å². The van der Waals surface area contributed by atoms with E-state index in [9.17, 15) is 23.6 Å². The Morgan fingerprint density at radius 3 is 2.56 bits per heavy atom. The molecule has 2 heterocycles. The fourth-order valence-electron chi connectivity index (χ4n) is 4.11. The van der Waals surface area contributed by atoms with E-state index < -0.39 is 35.7 Å². The SMILES string of the molecule is COC(=O)[C@@H](C)NC(=O)[C@@H]1CN(C(=O)c2cccc(F)c2)CCN1C(=O)C1CCNCC1. The number of carbonyl (C=O) groups excluding carboxylic acids is 4. The average molecular weight is 448 g/mol. The van der Waals surface area contributed by atoms with Crippen molar-refractivity contribution in [2.45, 2.75) is 31.8 Å². The molecular formula is C22H29FN4O5. The van der Waals surface area contributed by atoms with Gasteiger partial charge in [-0.3, -0.25) is 14.4 Å². The van der Waals surface area contributed by atoms with Crippen LogP contribution in [0.1, 0.15) is 30.1 Å². The maximum atomic E-state index is 13.6. The van der Waals surface area contributed by atoms with Crippen LogP contribution >= 0.6 is 0 Å². The van der Waals surface area contributed by atoms with Crippen LogP contribution in [0, 0.1) is 11.7 Å². The van der Waals surface area contributed by atoms with Gasteiger partial charge in [0.1, 0.15) is 17.9 Å². The molecule has 2 N–H and O–H groups in total. The largest absolute Gasteiger partial charge is 0.467 e. The molecule has 0 radical (unpaired) electrons. The molecule has 1 aromatic rings. The van der Waals surface area contributed by atoms with E-state index in [1.165, 1.54) is 42.0 Å². The molecule has 0 bridgehead atoms. The number of nitrogens with one attached hydrogen (secondary N) is 2. The Bertz CT molecular complexity index is 874. The monoisotopic (exact) mass is 448 g/mol. The first kappa shape index (κ1) is 23.6. The minimum absolute atomic E-state index is 0.0498. The lowest BCUT2D eigenvalue weighted by atomic mass is 9.95. The van der Waals surface area contributed by atoms with E-state index in [0.717, 1.165) is 19.2 Å². The minimum atomic E-state index is -0.962. The maximum Gasteiger partial charge on any atom is 0.328 e. The molecule has 3 amide bonds. The van der Waals surface area contributed by atoms with Crippen LogP contribution in [0.5, 0.6) is 0 Å². The first-order valence-electron chi connectivity index (χ1n) is 10.8. The number of nitrogens with zero attached hydrogens (tertiary/aromatic N) is 2. The lowest BCUT2D eigenvalue weighted by molar-refractivity contribution is -0.149. The summed E-state index contributed by atoms with van der Waals surface area (Å²) in [7, 11) is 1.22. The van der Waals surface area contributed by atoms with Gasteiger partial charge in [-0.25, -0.2) is 9.18 Å². The highest BCUT2D eigenvalue weighted by Crippen LogP contribution is 2.21. The summed E-state index contributed by atoms with van der Waals surface area (Å²) in [6, 6.07) is 3.47. The second kappa shape index (κ2) is 10.5. The molecule has 0 unspecified atom stereocenters. The van der Waals surface area contributed by atoms with Crippen LogP contribution in [-0.2, 0) is 19.1 Å². The fourth-order valence-corrected chi connectivity index (χ4v) is 4.11. The average Bonchev–Trinajstić information content (AvgIpc) is 2.82. The number of esters is 1. The van der Waals surface area contributed by atoms with Crippen LogP contribution in [0.3, 0.4) is 0 Å². The topological polar surface area (TPSA) is 108 Å². The van der Waals surface area contributed by atoms with Gasteiger partial charge in [0.2, 0.25) is 11.8 Å². The second-order valence-corrected chi connectivity index (χ2v) is 8.09. The highest BCUT2D eigenvalue weighted by Gasteiger charge is 2.40. The van der Waals surface area contributed by atoms with E-state index in [2.05, 4.69) is 15.4 Å². The van der Waals surface area contributed by atoms with Gasteiger partial charge >= 0.3 is 5.97 Å². The number of methoxy groups -OCH3 is 1. The molecule has 1 aromatic carbocycles. The normalized spacial score (nSPS) is 20.4. The van der Waals surface area contributed by atoms with Gasteiger partial charge in [0.25, 0.3) is 5.91 Å². The Morgan fingerprint density at radius 2 is 1.91 bits per heavy atom. The third-order valence-corrected chi connectivity index (χ3v) is 5.93. The van der Waals surface area contributed by atoms with E-state index in [1.807, 2.05) is 0 Å². The van der Waals surface area contributed by atoms with Gasteiger partial charge in [0, 0.05) is 24.6 Å². The zero-order chi connectivity index (χ0) is 23.3. The van der Waals surface area contributed by atoms with Crippen molar-refractivity contribution in [3.63, 3.8) is 0 Å². The van der Waals surface area contributed by atoms with Crippen molar-refractivity contribution < 1.29 is 28.3 Å². The van der Waals surface area contributed by atoms with Crippen molar-refractivity contribution in [3.8, 4) is 0 Å². The lowest BCUT2D eigenvalue weighted by Gasteiger charge is -2.42. The molecule has 10 heteroatoms. The molecule has 0 spiro atoms. The fraction of sp³-hybridized carbons (Fsp3) is 0.545. The molecule has 9 nitrogen and oxygen atoms in total. The molecule has 174 valence electrons. The molecule has 2 saturated heterocycles. The van der Waals surface area contributed by atoms with Gasteiger partial charge in [-0.15, -0.1) is 0 Å². The van der Waals surface area contributed by atoms with Crippen molar-refractivity contribution in [3.05, 3.63) is 35.6 Å². The zero-order valence-electron chi connectivity index (χ0n) is 18.3. The first-order valence-corrected chi connectivity index (χ1v) is 10.8. The third-order valence-electron chi connectivity index (χ3n) is 5.93. The van der Waals surface area contributed by atoms with Crippen LogP contribution in [-0.4, -0.2) is 85.4 Å². The number of rotatable bonds is 5. The Balaban J connectivity index is 1.79. The highest BCUT2D eigenvalue weighted by atomic mass is 19.1. The number of piperidine rings is 1. The van der Waals surface area contributed by atoms with E-state index in [0.29, 0.717) is 12.8 Å². The molecular weight excluding hydrogens is 419 g/mol. The summed E-state index contributed by atoms with van der Waals surface area (Å²) in [4.78, 5) is 53.9. The van der Waals surface area contributed by atoms with Gasteiger partial charge in [-0.1, -0.05) is 6.07 Å². The Hall–Kier alpha value is -3.01. The molecule has 0 aromatic heterocycles. The van der Waals surface area contributed by atoms with Crippen LogP contribution in [0.2, 0.25) is 0 Å².